The first-order valence-electron chi connectivity index (χ1n) is 9.66. The van der Waals surface area contributed by atoms with E-state index < -0.39 is 10.0 Å². The molecule has 0 radical (unpaired) electrons. The average Bonchev–Trinajstić information content (AvgIpc) is 3.12. The van der Waals surface area contributed by atoms with Crippen molar-refractivity contribution in [1.82, 2.24) is 10.0 Å². The molecule has 0 bridgehead atoms. The van der Waals surface area contributed by atoms with Crippen LogP contribution < -0.4 is 20.3 Å². The van der Waals surface area contributed by atoms with Gasteiger partial charge in [0.15, 0.2) is 0 Å². The van der Waals surface area contributed by atoms with Crippen LogP contribution in [0.15, 0.2) is 47.4 Å². The van der Waals surface area contributed by atoms with Crippen LogP contribution in [0.4, 0.5) is 11.4 Å². The van der Waals surface area contributed by atoms with Crippen LogP contribution in [0, 0.1) is 0 Å². The van der Waals surface area contributed by atoms with Gasteiger partial charge in [0.1, 0.15) is 10.9 Å². The van der Waals surface area contributed by atoms with Crippen molar-refractivity contribution in [3.8, 4) is 0 Å². The molecule has 2 atom stereocenters. The molecule has 164 valence electrons. The molecule has 0 aliphatic carbocycles. The Morgan fingerprint density at radius 1 is 1.13 bits per heavy atom. The maximum absolute atomic E-state index is 12.5. The normalized spacial score (nSPS) is 20.1. The van der Waals surface area contributed by atoms with Crippen molar-refractivity contribution in [1.29, 1.82) is 0 Å². The molecule has 2 aromatic carbocycles. The number of nitrogens with one attached hydrogen (secondary N) is 3. The number of para-hydroxylation sites is 2. The number of halogens is 2. The fraction of sp³-hybridized carbons (Fsp3) is 0.300. The maximum Gasteiger partial charge on any atom is 0.247 e. The molecule has 0 aromatic heterocycles. The molecule has 4 rings (SSSR count). The van der Waals surface area contributed by atoms with Crippen molar-refractivity contribution in [3.63, 3.8) is 0 Å². The van der Waals surface area contributed by atoms with Crippen molar-refractivity contribution < 1.29 is 18.0 Å². The zero-order valence-electron chi connectivity index (χ0n) is 16.3. The highest BCUT2D eigenvalue weighted by atomic mass is 35.5. The van der Waals surface area contributed by atoms with Crippen molar-refractivity contribution in [2.45, 2.75) is 29.8 Å². The van der Waals surface area contributed by atoms with Crippen LogP contribution in [0.5, 0.6) is 0 Å². The summed E-state index contributed by atoms with van der Waals surface area (Å²) >= 11 is 11.9. The Balaban J connectivity index is 1.33. The molecule has 3 N–H and O–H groups in total. The van der Waals surface area contributed by atoms with Crippen molar-refractivity contribution >= 4 is 56.4 Å². The summed E-state index contributed by atoms with van der Waals surface area (Å²) in [4.78, 5) is 26.5. The van der Waals surface area contributed by atoms with E-state index in [-0.39, 0.29) is 51.8 Å². The number of rotatable bonds is 6. The topological polar surface area (TPSA) is 108 Å². The lowest BCUT2D eigenvalue weighted by Crippen LogP contribution is -2.44. The van der Waals surface area contributed by atoms with Crippen LogP contribution in [-0.2, 0) is 19.6 Å². The van der Waals surface area contributed by atoms with Crippen LogP contribution >= 0.6 is 23.2 Å². The molecule has 1 saturated heterocycles. The second-order valence-electron chi connectivity index (χ2n) is 7.37. The molecule has 2 amide bonds. The molecule has 1 fully saturated rings. The molecule has 2 heterocycles. The minimum atomic E-state index is -3.96. The van der Waals surface area contributed by atoms with Gasteiger partial charge in [-0.3, -0.25) is 9.59 Å². The number of fused-ring (bicyclic) bond motifs is 3. The summed E-state index contributed by atoms with van der Waals surface area (Å²) in [6, 6.07) is 11.4. The maximum atomic E-state index is 12.5. The van der Waals surface area contributed by atoms with Crippen molar-refractivity contribution in [2.24, 2.45) is 0 Å². The minimum Gasteiger partial charge on any atom is -0.356 e. The summed E-state index contributed by atoms with van der Waals surface area (Å²) in [5.74, 6) is -0.411. The molecule has 0 spiro atoms. The SMILES string of the molecule is O=C(CCNS(=O)(=O)c1c(Cl)cccc1Cl)NC1CC2C(=O)Nc3ccccc3N2C1. The van der Waals surface area contributed by atoms with Gasteiger partial charge in [0.25, 0.3) is 0 Å². The molecule has 0 saturated carbocycles. The fourth-order valence-corrected chi connectivity index (χ4v) is 6.08. The number of carbonyl (C=O) groups excluding carboxylic acids is 2. The standard InChI is InChI=1S/C20H20Cl2N4O4S/c21-13-4-3-5-14(22)19(13)31(29,30)23-9-8-18(27)24-12-10-17-20(28)25-15-6-1-2-7-16(15)26(17)11-12/h1-7,12,17,23H,8-11H2,(H,24,27)(H,25,28). The number of benzene rings is 2. The van der Waals surface area contributed by atoms with Gasteiger partial charge in [0.2, 0.25) is 21.8 Å². The molecular formula is C20H20Cl2N4O4S. The second kappa shape index (κ2) is 8.66. The number of sulfonamides is 1. The summed E-state index contributed by atoms with van der Waals surface area (Å²) in [6.45, 7) is 0.390. The third kappa shape index (κ3) is 4.50. The van der Waals surface area contributed by atoms with E-state index in [0.29, 0.717) is 13.0 Å². The lowest BCUT2D eigenvalue weighted by molar-refractivity contribution is -0.122. The average molecular weight is 483 g/mol. The van der Waals surface area contributed by atoms with E-state index in [1.807, 2.05) is 29.2 Å². The van der Waals surface area contributed by atoms with Crippen LogP contribution in [0.3, 0.4) is 0 Å². The smallest absolute Gasteiger partial charge is 0.247 e. The quantitative estimate of drug-likeness (QED) is 0.585. The predicted molar refractivity (Wildman–Crippen MR) is 119 cm³/mol. The van der Waals surface area contributed by atoms with Gasteiger partial charge in [-0.2, -0.15) is 0 Å². The van der Waals surface area contributed by atoms with Gasteiger partial charge in [-0.1, -0.05) is 41.4 Å². The van der Waals surface area contributed by atoms with Crippen molar-refractivity contribution in [3.05, 3.63) is 52.5 Å². The van der Waals surface area contributed by atoms with E-state index in [0.717, 1.165) is 11.4 Å². The molecular weight excluding hydrogens is 463 g/mol. The number of hydrogen-bond acceptors (Lipinski definition) is 5. The van der Waals surface area contributed by atoms with Gasteiger partial charge in [-0.15, -0.1) is 0 Å². The second-order valence-corrected chi connectivity index (χ2v) is 9.89. The van der Waals surface area contributed by atoms with E-state index in [9.17, 15) is 18.0 Å². The van der Waals surface area contributed by atoms with E-state index in [1.165, 1.54) is 12.1 Å². The van der Waals surface area contributed by atoms with E-state index in [4.69, 9.17) is 23.2 Å². The van der Waals surface area contributed by atoms with Gasteiger partial charge in [0.05, 0.1) is 21.4 Å². The van der Waals surface area contributed by atoms with Gasteiger partial charge in [-0.25, -0.2) is 13.1 Å². The zero-order chi connectivity index (χ0) is 22.2. The summed E-state index contributed by atoms with van der Waals surface area (Å²) in [7, 11) is -3.96. The highest BCUT2D eigenvalue weighted by Gasteiger charge is 2.41. The largest absolute Gasteiger partial charge is 0.356 e. The van der Waals surface area contributed by atoms with E-state index >= 15 is 0 Å². The number of hydrogen-bond donors (Lipinski definition) is 3. The molecule has 8 nitrogen and oxygen atoms in total. The third-order valence-electron chi connectivity index (χ3n) is 5.27. The molecule has 2 aromatic rings. The predicted octanol–water partition coefficient (Wildman–Crippen LogP) is 2.38. The van der Waals surface area contributed by atoms with Gasteiger partial charge in [-0.05, 0) is 30.7 Å². The van der Waals surface area contributed by atoms with E-state index in [2.05, 4.69) is 15.4 Å². The Morgan fingerprint density at radius 2 is 1.84 bits per heavy atom. The summed E-state index contributed by atoms with van der Waals surface area (Å²) < 4.78 is 27.3. The third-order valence-corrected chi connectivity index (χ3v) is 7.69. The number of carbonyl (C=O) groups is 2. The Labute approximate surface area is 189 Å². The van der Waals surface area contributed by atoms with Crippen LogP contribution in [-0.4, -0.2) is 45.4 Å². The lowest BCUT2D eigenvalue weighted by Gasteiger charge is -2.32. The molecule has 2 unspecified atom stereocenters. The van der Waals surface area contributed by atoms with E-state index in [1.54, 1.807) is 6.07 Å². The first-order chi connectivity index (χ1) is 14.8. The molecule has 2 aliphatic rings. The van der Waals surface area contributed by atoms with Gasteiger partial charge >= 0.3 is 0 Å². The highest BCUT2D eigenvalue weighted by molar-refractivity contribution is 7.89. The molecule has 11 heteroatoms. The van der Waals surface area contributed by atoms with Gasteiger partial charge < -0.3 is 15.5 Å². The number of nitrogens with zero attached hydrogens (tertiary/aromatic N) is 1. The number of anilines is 2. The van der Waals surface area contributed by atoms with Crippen LogP contribution in [0.25, 0.3) is 0 Å². The first-order valence-corrected chi connectivity index (χ1v) is 11.9. The Hall–Kier alpha value is -2.33. The van der Waals surface area contributed by atoms with Crippen molar-refractivity contribution in [2.75, 3.05) is 23.3 Å². The fourth-order valence-electron chi connectivity index (χ4n) is 3.91. The van der Waals surface area contributed by atoms with Crippen LogP contribution in [0.2, 0.25) is 10.0 Å². The monoisotopic (exact) mass is 482 g/mol. The van der Waals surface area contributed by atoms with Gasteiger partial charge in [0, 0.05) is 25.6 Å². The zero-order valence-corrected chi connectivity index (χ0v) is 18.6. The Morgan fingerprint density at radius 3 is 2.58 bits per heavy atom. The highest BCUT2D eigenvalue weighted by Crippen LogP contribution is 2.36. The summed E-state index contributed by atoms with van der Waals surface area (Å²) in [5, 5.41) is 5.79. The molecule has 2 aliphatic heterocycles. The summed E-state index contributed by atoms with van der Waals surface area (Å²) in [5.41, 5.74) is 1.68. The Bertz CT molecular complexity index is 1120. The summed E-state index contributed by atoms with van der Waals surface area (Å²) in [6.07, 6.45) is 0.415. The first kappa shape index (κ1) is 21.9. The lowest BCUT2D eigenvalue weighted by atomic mass is 10.1. The van der Waals surface area contributed by atoms with Crippen LogP contribution in [0.1, 0.15) is 12.8 Å². The number of amides is 2. The Kier molecular flexibility index (Phi) is 6.11. The molecule has 31 heavy (non-hydrogen) atoms. The minimum absolute atomic E-state index is 0.00520.